The van der Waals surface area contributed by atoms with Gasteiger partial charge in [0.05, 0.1) is 0 Å². The lowest BCUT2D eigenvalue weighted by Crippen LogP contribution is -2.05. The molecule has 0 spiro atoms. The van der Waals surface area contributed by atoms with E-state index in [9.17, 15) is 4.79 Å². The summed E-state index contributed by atoms with van der Waals surface area (Å²) in [5, 5.41) is 0. The summed E-state index contributed by atoms with van der Waals surface area (Å²) in [5.41, 5.74) is 2.77. The summed E-state index contributed by atoms with van der Waals surface area (Å²) in [4.78, 5) is 16.0. The van der Waals surface area contributed by atoms with E-state index in [1.807, 2.05) is 37.3 Å². The van der Waals surface area contributed by atoms with Gasteiger partial charge in [-0.05, 0) is 42.3 Å². The molecule has 0 fully saturated rings. The fourth-order valence-electron chi connectivity index (χ4n) is 1.72. The number of carbonyl (C=O) groups excluding carboxylic acids is 1. The minimum Gasteiger partial charge on any atom is -0.294 e. The van der Waals surface area contributed by atoms with E-state index >= 15 is 0 Å². The number of ketones is 1. The zero-order chi connectivity index (χ0) is 12.3. The molecule has 0 amide bonds. The molecule has 0 aliphatic carbocycles. The second kappa shape index (κ2) is 5.23. The number of pyridine rings is 1. The molecule has 0 radical (unpaired) electrons. The van der Waals surface area contributed by atoms with E-state index in [0.717, 1.165) is 21.2 Å². The Kier molecular flexibility index (Phi) is 3.69. The average Bonchev–Trinajstić information content (AvgIpc) is 2.30. The summed E-state index contributed by atoms with van der Waals surface area (Å²) >= 11 is 3.39. The van der Waals surface area contributed by atoms with Gasteiger partial charge in [0.15, 0.2) is 5.78 Å². The molecule has 1 heterocycles. The predicted molar refractivity (Wildman–Crippen MR) is 71.2 cm³/mol. The molecule has 0 bridgehead atoms. The summed E-state index contributed by atoms with van der Waals surface area (Å²) in [6.07, 6.45) is 3.83. The Bertz CT molecular complexity index is 537. The van der Waals surface area contributed by atoms with Crippen molar-refractivity contribution in [2.45, 2.75) is 13.3 Å². The van der Waals surface area contributed by atoms with E-state index in [1.165, 1.54) is 0 Å². The van der Waals surface area contributed by atoms with Crippen molar-refractivity contribution in [1.29, 1.82) is 0 Å². The SMILES string of the molecule is Cc1cc(Br)ccc1C(=O)Cc1ccncc1. The molecule has 1 aromatic heterocycles. The van der Waals surface area contributed by atoms with Gasteiger partial charge in [-0.15, -0.1) is 0 Å². The van der Waals surface area contributed by atoms with Crippen LogP contribution in [-0.4, -0.2) is 10.8 Å². The quantitative estimate of drug-likeness (QED) is 0.809. The molecule has 17 heavy (non-hydrogen) atoms. The molecule has 2 aromatic rings. The van der Waals surface area contributed by atoms with Crippen molar-refractivity contribution in [3.8, 4) is 0 Å². The zero-order valence-electron chi connectivity index (χ0n) is 9.48. The highest BCUT2D eigenvalue weighted by molar-refractivity contribution is 9.10. The minimum atomic E-state index is 0.140. The Labute approximate surface area is 109 Å². The molecule has 3 heteroatoms. The third-order valence-electron chi connectivity index (χ3n) is 2.60. The van der Waals surface area contributed by atoms with Gasteiger partial charge in [0.1, 0.15) is 0 Å². The molecule has 2 nitrogen and oxygen atoms in total. The van der Waals surface area contributed by atoms with Gasteiger partial charge in [0.2, 0.25) is 0 Å². The van der Waals surface area contributed by atoms with Gasteiger partial charge in [-0.2, -0.15) is 0 Å². The van der Waals surface area contributed by atoms with Gasteiger partial charge >= 0.3 is 0 Å². The predicted octanol–water partition coefficient (Wildman–Crippen LogP) is 3.58. The molecular formula is C14H12BrNO. The molecule has 0 aliphatic heterocycles. The highest BCUT2D eigenvalue weighted by atomic mass is 79.9. The second-order valence-corrected chi connectivity index (χ2v) is 4.83. The first kappa shape index (κ1) is 12.0. The van der Waals surface area contributed by atoms with Crippen molar-refractivity contribution in [3.63, 3.8) is 0 Å². The van der Waals surface area contributed by atoms with Gasteiger partial charge < -0.3 is 0 Å². The number of benzene rings is 1. The molecule has 0 N–H and O–H groups in total. The Morgan fingerprint density at radius 3 is 2.59 bits per heavy atom. The van der Waals surface area contributed by atoms with Crippen molar-refractivity contribution in [2.24, 2.45) is 0 Å². The Hall–Kier alpha value is -1.48. The van der Waals surface area contributed by atoms with Crippen LogP contribution in [0.1, 0.15) is 21.5 Å². The van der Waals surface area contributed by atoms with Crippen molar-refractivity contribution in [3.05, 3.63) is 63.9 Å². The lowest BCUT2D eigenvalue weighted by atomic mass is 10.00. The molecule has 1 aromatic carbocycles. The summed E-state index contributed by atoms with van der Waals surface area (Å²) in [6, 6.07) is 9.45. The summed E-state index contributed by atoms with van der Waals surface area (Å²) in [6.45, 7) is 1.95. The molecule has 0 saturated carbocycles. The van der Waals surface area contributed by atoms with Crippen LogP contribution in [0.15, 0.2) is 47.2 Å². The second-order valence-electron chi connectivity index (χ2n) is 3.91. The van der Waals surface area contributed by atoms with Crippen LogP contribution in [0.2, 0.25) is 0 Å². The molecule has 2 rings (SSSR count). The number of aryl methyl sites for hydroxylation is 1. The third kappa shape index (κ3) is 3.01. The number of halogens is 1. The number of Topliss-reactive ketones (excluding diaryl/α,β-unsaturated/α-hetero) is 1. The van der Waals surface area contributed by atoms with Gasteiger partial charge in [-0.3, -0.25) is 9.78 Å². The normalized spacial score (nSPS) is 10.2. The van der Waals surface area contributed by atoms with Crippen molar-refractivity contribution in [1.82, 2.24) is 4.98 Å². The Morgan fingerprint density at radius 1 is 1.24 bits per heavy atom. The van der Waals surface area contributed by atoms with E-state index < -0.39 is 0 Å². The standard InChI is InChI=1S/C14H12BrNO/c1-10-8-12(15)2-3-13(10)14(17)9-11-4-6-16-7-5-11/h2-8H,9H2,1H3. The van der Waals surface area contributed by atoms with Crippen LogP contribution in [0.3, 0.4) is 0 Å². The van der Waals surface area contributed by atoms with Crippen LogP contribution in [0.4, 0.5) is 0 Å². The van der Waals surface area contributed by atoms with E-state index in [0.29, 0.717) is 6.42 Å². The number of nitrogens with zero attached hydrogens (tertiary/aromatic N) is 1. The van der Waals surface area contributed by atoms with Gasteiger partial charge in [-0.1, -0.05) is 22.0 Å². The summed E-state index contributed by atoms with van der Waals surface area (Å²) in [5.74, 6) is 0.140. The van der Waals surface area contributed by atoms with E-state index in [4.69, 9.17) is 0 Å². The number of carbonyl (C=O) groups is 1. The number of aromatic nitrogens is 1. The van der Waals surface area contributed by atoms with E-state index in [1.54, 1.807) is 12.4 Å². The van der Waals surface area contributed by atoms with E-state index in [-0.39, 0.29) is 5.78 Å². The molecule has 0 saturated heterocycles. The molecular weight excluding hydrogens is 278 g/mol. The largest absolute Gasteiger partial charge is 0.294 e. The van der Waals surface area contributed by atoms with Crippen LogP contribution in [0.5, 0.6) is 0 Å². The highest BCUT2D eigenvalue weighted by Gasteiger charge is 2.09. The van der Waals surface area contributed by atoms with Gasteiger partial charge in [0.25, 0.3) is 0 Å². The maximum atomic E-state index is 12.1. The van der Waals surface area contributed by atoms with E-state index in [2.05, 4.69) is 20.9 Å². The minimum absolute atomic E-state index is 0.140. The monoisotopic (exact) mass is 289 g/mol. The summed E-state index contributed by atoms with van der Waals surface area (Å²) in [7, 11) is 0. The lowest BCUT2D eigenvalue weighted by molar-refractivity contribution is 0.0992. The van der Waals surface area contributed by atoms with Gasteiger partial charge in [-0.25, -0.2) is 0 Å². The first-order chi connectivity index (χ1) is 8.16. The topological polar surface area (TPSA) is 30.0 Å². The fourth-order valence-corrected chi connectivity index (χ4v) is 2.20. The summed E-state index contributed by atoms with van der Waals surface area (Å²) < 4.78 is 0.996. The van der Waals surface area contributed by atoms with Crippen molar-refractivity contribution in [2.75, 3.05) is 0 Å². The van der Waals surface area contributed by atoms with Crippen LogP contribution in [-0.2, 0) is 6.42 Å². The fraction of sp³-hybridized carbons (Fsp3) is 0.143. The van der Waals surface area contributed by atoms with Crippen LogP contribution >= 0.6 is 15.9 Å². The Balaban J connectivity index is 2.21. The first-order valence-electron chi connectivity index (χ1n) is 5.35. The lowest BCUT2D eigenvalue weighted by Gasteiger charge is -2.05. The smallest absolute Gasteiger partial charge is 0.167 e. The van der Waals surface area contributed by atoms with Crippen molar-refractivity contribution >= 4 is 21.7 Å². The van der Waals surface area contributed by atoms with Crippen LogP contribution in [0.25, 0.3) is 0 Å². The molecule has 0 unspecified atom stereocenters. The van der Waals surface area contributed by atoms with Gasteiger partial charge in [0, 0.05) is 28.9 Å². The number of hydrogen-bond donors (Lipinski definition) is 0. The van der Waals surface area contributed by atoms with Crippen LogP contribution in [0, 0.1) is 6.92 Å². The van der Waals surface area contributed by atoms with Crippen molar-refractivity contribution < 1.29 is 4.79 Å². The Morgan fingerprint density at radius 2 is 1.94 bits per heavy atom. The third-order valence-corrected chi connectivity index (χ3v) is 3.10. The number of rotatable bonds is 3. The first-order valence-corrected chi connectivity index (χ1v) is 6.14. The molecule has 0 atom stereocenters. The number of hydrogen-bond acceptors (Lipinski definition) is 2. The molecule has 0 aliphatic rings. The maximum absolute atomic E-state index is 12.1. The average molecular weight is 290 g/mol. The zero-order valence-corrected chi connectivity index (χ0v) is 11.1. The highest BCUT2D eigenvalue weighted by Crippen LogP contribution is 2.17. The van der Waals surface area contributed by atoms with Crippen LogP contribution < -0.4 is 0 Å². The molecule has 86 valence electrons. The maximum Gasteiger partial charge on any atom is 0.167 e.